The zero-order chi connectivity index (χ0) is 19.1. The van der Waals surface area contributed by atoms with Crippen molar-refractivity contribution >= 4 is 5.57 Å². The lowest BCUT2D eigenvalue weighted by Crippen LogP contribution is -2.39. The summed E-state index contributed by atoms with van der Waals surface area (Å²) in [6.07, 6.45) is 7.07. The Morgan fingerprint density at radius 3 is 1.85 bits per heavy atom. The first kappa shape index (κ1) is 18.4. The van der Waals surface area contributed by atoms with Gasteiger partial charge in [-0.2, -0.15) is 0 Å². The lowest BCUT2D eigenvalue weighted by atomic mass is 9.84. The van der Waals surface area contributed by atoms with Gasteiger partial charge in [0.25, 0.3) is 0 Å². The molecule has 0 saturated carbocycles. The standard InChI is InChI=1S/C24H27F2N/c1-15-4-6-18(25)13-22(15)24(23-14-19(26)7-5-16(23)2)12-17-10-20-8-9-21(11-17)27(20)3/h4-7,12-14,17,20-21H,8-11H2,1-3H3. The Morgan fingerprint density at radius 1 is 0.889 bits per heavy atom. The van der Waals surface area contributed by atoms with Crippen molar-refractivity contribution < 1.29 is 8.78 Å². The molecule has 0 aliphatic carbocycles. The van der Waals surface area contributed by atoms with Crippen molar-refractivity contribution in [3.8, 4) is 0 Å². The fraction of sp³-hybridized carbons (Fsp3) is 0.417. The number of halogens is 2. The Morgan fingerprint density at radius 2 is 1.37 bits per heavy atom. The second kappa shape index (κ2) is 7.20. The second-order valence-electron chi connectivity index (χ2n) is 8.28. The van der Waals surface area contributed by atoms with Gasteiger partial charge >= 0.3 is 0 Å². The van der Waals surface area contributed by atoms with Crippen molar-refractivity contribution in [2.75, 3.05) is 7.05 Å². The molecule has 2 bridgehead atoms. The van der Waals surface area contributed by atoms with Gasteiger partial charge in [0.05, 0.1) is 0 Å². The number of benzene rings is 2. The molecule has 0 aromatic heterocycles. The van der Waals surface area contributed by atoms with E-state index >= 15 is 0 Å². The predicted octanol–water partition coefficient (Wildman–Crippen LogP) is 5.89. The summed E-state index contributed by atoms with van der Waals surface area (Å²) in [5.41, 5.74) is 4.74. The van der Waals surface area contributed by atoms with Crippen LogP contribution in [0.2, 0.25) is 0 Å². The van der Waals surface area contributed by atoms with Crippen LogP contribution in [0.15, 0.2) is 42.5 Å². The van der Waals surface area contributed by atoms with Crippen molar-refractivity contribution in [1.82, 2.24) is 4.90 Å². The fourth-order valence-corrected chi connectivity index (χ4v) is 4.92. The van der Waals surface area contributed by atoms with Gasteiger partial charge in [-0.05, 0) is 105 Å². The second-order valence-corrected chi connectivity index (χ2v) is 8.28. The average Bonchev–Trinajstić information content (AvgIpc) is 2.85. The maximum absolute atomic E-state index is 14.1. The Kier molecular flexibility index (Phi) is 4.90. The highest BCUT2D eigenvalue weighted by Crippen LogP contribution is 2.40. The molecule has 2 saturated heterocycles. The quantitative estimate of drug-likeness (QED) is 0.654. The predicted molar refractivity (Wildman–Crippen MR) is 107 cm³/mol. The van der Waals surface area contributed by atoms with E-state index < -0.39 is 0 Å². The fourth-order valence-electron chi connectivity index (χ4n) is 4.92. The molecular formula is C24H27F2N. The van der Waals surface area contributed by atoms with Crippen LogP contribution in [0.25, 0.3) is 5.57 Å². The number of allylic oxidation sites excluding steroid dienone is 1. The van der Waals surface area contributed by atoms with Crippen molar-refractivity contribution in [2.45, 2.75) is 51.6 Å². The summed E-state index contributed by atoms with van der Waals surface area (Å²) in [5, 5.41) is 0. The monoisotopic (exact) mass is 367 g/mol. The minimum atomic E-state index is -0.251. The Labute approximate surface area is 160 Å². The maximum Gasteiger partial charge on any atom is 0.123 e. The molecule has 2 aromatic rings. The first-order valence-electron chi connectivity index (χ1n) is 9.89. The molecule has 2 aliphatic rings. The van der Waals surface area contributed by atoms with Crippen LogP contribution in [0.1, 0.15) is 47.9 Å². The van der Waals surface area contributed by atoms with E-state index in [0.29, 0.717) is 18.0 Å². The van der Waals surface area contributed by atoms with Gasteiger partial charge in [0.2, 0.25) is 0 Å². The smallest absolute Gasteiger partial charge is 0.123 e. The van der Waals surface area contributed by atoms with Gasteiger partial charge in [-0.3, -0.25) is 0 Å². The van der Waals surface area contributed by atoms with Gasteiger partial charge in [0.15, 0.2) is 0 Å². The molecule has 2 aromatic carbocycles. The number of fused-ring (bicyclic) bond motifs is 2. The third kappa shape index (κ3) is 3.58. The minimum Gasteiger partial charge on any atom is -0.300 e. The normalized spacial score (nSPS) is 24.9. The van der Waals surface area contributed by atoms with Crippen molar-refractivity contribution in [2.24, 2.45) is 5.92 Å². The molecule has 0 radical (unpaired) electrons. The molecule has 27 heavy (non-hydrogen) atoms. The van der Waals surface area contributed by atoms with Crippen LogP contribution in [0.4, 0.5) is 8.78 Å². The van der Waals surface area contributed by atoms with Crippen LogP contribution < -0.4 is 0 Å². The van der Waals surface area contributed by atoms with E-state index in [1.165, 1.54) is 25.0 Å². The van der Waals surface area contributed by atoms with Crippen molar-refractivity contribution in [1.29, 1.82) is 0 Å². The molecule has 142 valence electrons. The third-order valence-corrected chi connectivity index (χ3v) is 6.52. The summed E-state index contributed by atoms with van der Waals surface area (Å²) in [6.45, 7) is 3.99. The summed E-state index contributed by atoms with van der Waals surface area (Å²) in [6, 6.07) is 11.1. The lowest BCUT2D eigenvalue weighted by molar-refractivity contribution is 0.152. The summed E-state index contributed by atoms with van der Waals surface area (Å²) in [4.78, 5) is 2.52. The lowest BCUT2D eigenvalue weighted by Gasteiger charge is -2.35. The highest BCUT2D eigenvalue weighted by atomic mass is 19.1. The Hall–Kier alpha value is -2.00. The van der Waals surface area contributed by atoms with E-state index in [1.807, 2.05) is 26.0 Å². The number of piperidine rings is 1. The molecule has 1 nitrogen and oxygen atoms in total. The molecule has 0 amide bonds. The summed E-state index contributed by atoms with van der Waals surface area (Å²) >= 11 is 0. The van der Waals surface area contributed by atoms with Crippen LogP contribution in [0.3, 0.4) is 0 Å². The Bertz CT molecular complexity index is 818. The zero-order valence-electron chi connectivity index (χ0n) is 16.3. The van der Waals surface area contributed by atoms with Crippen LogP contribution in [0.5, 0.6) is 0 Å². The molecule has 2 fully saturated rings. The van der Waals surface area contributed by atoms with E-state index in [1.54, 1.807) is 12.1 Å². The minimum absolute atomic E-state index is 0.251. The molecule has 2 atom stereocenters. The van der Waals surface area contributed by atoms with Gasteiger partial charge in [-0.25, -0.2) is 8.78 Å². The van der Waals surface area contributed by atoms with Gasteiger partial charge in [-0.15, -0.1) is 0 Å². The van der Waals surface area contributed by atoms with Crippen molar-refractivity contribution in [3.63, 3.8) is 0 Å². The van der Waals surface area contributed by atoms with E-state index in [9.17, 15) is 8.78 Å². The van der Waals surface area contributed by atoms with Crippen LogP contribution in [0, 0.1) is 31.4 Å². The van der Waals surface area contributed by atoms with E-state index in [2.05, 4.69) is 18.0 Å². The van der Waals surface area contributed by atoms with Gasteiger partial charge in [0, 0.05) is 12.1 Å². The number of hydrogen-bond acceptors (Lipinski definition) is 1. The van der Waals surface area contributed by atoms with Crippen LogP contribution >= 0.6 is 0 Å². The number of rotatable bonds is 3. The van der Waals surface area contributed by atoms with Gasteiger partial charge in [0.1, 0.15) is 11.6 Å². The molecule has 0 spiro atoms. The maximum atomic E-state index is 14.1. The molecule has 2 heterocycles. The highest BCUT2D eigenvalue weighted by molar-refractivity contribution is 5.83. The molecule has 4 rings (SSSR count). The topological polar surface area (TPSA) is 3.24 Å². The van der Waals surface area contributed by atoms with Gasteiger partial charge in [-0.1, -0.05) is 18.2 Å². The van der Waals surface area contributed by atoms with Gasteiger partial charge < -0.3 is 4.90 Å². The molecular weight excluding hydrogens is 340 g/mol. The Balaban J connectivity index is 1.81. The summed E-state index contributed by atoms with van der Waals surface area (Å²) in [5.74, 6) is -0.0583. The number of hydrogen-bond donors (Lipinski definition) is 0. The molecule has 2 aliphatic heterocycles. The van der Waals surface area contributed by atoms with Crippen molar-refractivity contribution in [3.05, 3.63) is 76.4 Å². The highest BCUT2D eigenvalue weighted by Gasteiger charge is 2.37. The number of aryl methyl sites for hydroxylation is 2. The zero-order valence-corrected chi connectivity index (χ0v) is 16.3. The van der Waals surface area contributed by atoms with E-state index in [0.717, 1.165) is 40.7 Å². The summed E-state index contributed by atoms with van der Waals surface area (Å²) < 4.78 is 28.1. The SMILES string of the molecule is Cc1ccc(F)cc1C(=CC1CC2CCC(C1)N2C)c1cc(F)ccc1C. The van der Waals surface area contributed by atoms with Crippen LogP contribution in [-0.2, 0) is 0 Å². The first-order valence-corrected chi connectivity index (χ1v) is 9.89. The van der Waals surface area contributed by atoms with E-state index in [4.69, 9.17) is 0 Å². The largest absolute Gasteiger partial charge is 0.300 e. The van der Waals surface area contributed by atoms with Crippen LogP contribution in [-0.4, -0.2) is 24.0 Å². The molecule has 2 unspecified atom stereocenters. The van der Waals surface area contributed by atoms with E-state index in [-0.39, 0.29) is 11.6 Å². The number of nitrogens with zero attached hydrogens (tertiary/aromatic N) is 1. The first-order chi connectivity index (χ1) is 12.9. The third-order valence-electron chi connectivity index (χ3n) is 6.52. The average molecular weight is 367 g/mol. The molecule has 0 N–H and O–H groups in total. The summed E-state index contributed by atoms with van der Waals surface area (Å²) in [7, 11) is 2.23. The molecule has 3 heteroatoms.